The van der Waals surface area contributed by atoms with Crippen LogP contribution in [0.3, 0.4) is 0 Å². The van der Waals surface area contributed by atoms with Crippen molar-refractivity contribution in [3.63, 3.8) is 0 Å². The molecule has 7 rings (SSSR count). The Hall–Kier alpha value is -1.89. The lowest BCUT2D eigenvalue weighted by Gasteiger charge is -2.60. The summed E-state index contributed by atoms with van der Waals surface area (Å²) in [5.41, 5.74) is 4.54. The van der Waals surface area contributed by atoms with Gasteiger partial charge in [-0.3, -0.25) is 5.10 Å². The summed E-state index contributed by atoms with van der Waals surface area (Å²) in [7, 11) is 0. The van der Waals surface area contributed by atoms with Crippen LogP contribution in [0.4, 0.5) is 0 Å². The van der Waals surface area contributed by atoms with E-state index in [1.807, 2.05) is 0 Å². The lowest BCUT2D eigenvalue weighted by Crippen LogP contribution is -2.55. The summed E-state index contributed by atoms with van der Waals surface area (Å²) in [6, 6.07) is 9.60. The second-order valence-corrected chi connectivity index (χ2v) is 14.5. The Balaban J connectivity index is 1.02. The van der Waals surface area contributed by atoms with Crippen LogP contribution in [0.15, 0.2) is 30.5 Å². The van der Waals surface area contributed by atoms with Gasteiger partial charge in [0.15, 0.2) is 0 Å². The number of aromatic amines is 1. The van der Waals surface area contributed by atoms with Crippen molar-refractivity contribution in [3.05, 3.63) is 47.3 Å². The molecule has 6 unspecified atom stereocenters. The first kappa shape index (κ1) is 27.9. The van der Waals surface area contributed by atoms with E-state index in [1.54, 1.807) is 0 Å². The summed E-state index contributed by atoms with van der Waals surface area (Å²) in [5.74, 6) is 3.86. The third kappa shape index (κ3) is 4.96. The van der Waals surface area contributed by atoms with Crippen molar-refractivity contribution in [2.75, 3.05) is 19.8 Å². The molecule has 1 aromatic carbocycles. The molecule has 224 valence electrons. The van der Waals surface area contributed by atoms with E-state index in [9.17, 15) is 5.11 Å². The van der Waals surface area contributed by atoms with Crippen molar-refractivity contribution in [2.24, 2.45) is 34.5 Å². The molecule has 2 heterocycles. The number of fused-ring (bicyclic) bond motifs is 6. The lowest BCUT2D eigenvalue weighted by molar-refractivity contribution is -0.123. The molecule has 8 atom stereocenters. The van der Waals surface area contributed by atoms with Crippen LogP contribution in [0.2, 0.25) is 0 Å². The number of nitrogens with one attached hydrogen (secondary N) is 2. The van der Waals surface area contributed by atoms with Crippen molar-refractivity contribution in [1.29, 1.82) is 0 Å². The Labute approximate surface area is 246 Å². The molecule has 1 aliphatic heterocycles. The normalized spacial score (nSPS) is 37.5. The van der Waals surface area contributed by atoms with Crippen LogP contribution < -0.4 is 10.1 Å². The lowest BCUT2D eigenvalue weighted by atomic mass is 9.44. The smallest absolute Gasteiger partial charge is 0.119 e. The van der Waals surface area contributed by atoms with E-state index >= 15 is 0 Å². The van der Waals surface area contributed by atoms with Crippen LogP contribution in [0, 0.1) is 34.5 Å². The fraction of sp³-hybridized carbons (Fsp3) is 0.743. The van der Waals surface area contributed by atoms with Gasteiger partial charge in [0, 0.05) is 36.4 Å². The van der Waals surface area contributed by atoms with E-state index in [0.717, 1.165) is 75.2 Å². The maximum atomic E-state index is 11.5. The predicted molar refractivity (Wildman–Crippen MR) is 161 cm³/mol. The molecule has 41 heavy (non-hydrogen) atoms. The minimum Gasteiger partial charge on any atom is -0.494 e. The summed E-state index contributed by atoms with van der Waals surface area (Å²) in [6.07, 6.45) is 15.7. The fourth-order valence-corrected chi connectivity index (χ4v) is 10.5. The Bertz CT molecular complexity index is 1190. The average Bonchev–Trinajstić information content (AvgIpc) is 3.58. The molecule has 6 heteroatoms. The number of aliphatic hydroxyl groups is 1. The number of aromatic nitrogens is 2. The molecule has 0 radical (unpaired) electrons. The van der Waals surface area contributed by atoms with E-state index in [2.05, 4.69) is 59.8 Å². The molecule has 0 amide bonds. The van der Waals surface area contributed by atoms with Gasteiger partial charge in [0.1, 0.15) is 5.75 Å². The van der Waals surface area contributed by atoms with Crippen LogP contribution in [0.5, 0.6) is 5.75 Å². The van der Waals surface area contributed by atoms with Crippen LogP contribution in [-0.4, -0.2) is 47.3 Å². The molecule has 3 N–H and O–H groups in total. The van der Waals surface area contributed by atoms with Crippen molar-refractivity contribution < 1.29 is 14.6 Å². The highest BCUT2D eigenvalue weighted by Crippen LogP contribution is 2.66. The minimum absolute atomic E-state index is 0.0218. The minimum atomic E-state index is -0.186. The summed E-state index contributed by atoms with van der Waals surface area (Å²) < 4.78 is 12.0. The zero-order valence-electron chi connectivity index (χ0n) is 25.2. The second kappa shape index (κ2) is 11.3. The summed E-state index contributed by atoms with van der Waals surface area (Å²) >= 11 is 0. The van der Waals surface area contributed by atoms with Gasteiger partial charge in [0.05, 0.1) is 18.9 Å². The Morgan fingerprint density at radius 3 is 2.85 bits per heavy atom. The maximum absolute atomic E-state index is 11.5. The van der Waals surface area contributed by atoms with Gasteiger partial charge in [-0.1, -0.05) is 26.0 Å². The molecule has 0 spiro atoms. The van der Waals surface area contributed by atoms with Gasteiger partial charge in [0.2, 0.25) is 0 Å². The third-order valence-corrected chi connectivity index (χ3v) is 12.7. The zero-order chi connectivity index (χ0) is 28.0. The maximum Gasteiger partial charge on any atom is 0.119 e. The van der Waals surface area contributed by atoms with Gasteiger partial charge in [0.25, 0.3) is 0 Å². The first-order valence-corrected chi connectivity index (χ1v) is 16.8. The molecule has 3 saturated carbocycles. The first-order valence-electron chi connectivity index (χ1n) is 16.8. The fourth-order valence-electron chi connectivity index (χ4n) is 10.5. The van der Waals surface area contributed by atoms with Crippen LogP contribution in [0.1, 0.15) is 101 Å². The highest BCUT2D eigenvalue weighted by Gasteiger charge is 2.61. The van der Waals surface area contributed by atoms with Gasteiger partial charge >= 0.3 is 0 Å². The Morgan fingerprint density at radius 1 is 1.12 bits per heavy atom. The van der Waals surface area contributed by atoms with Crippen molar-refractivity contribution in [3.8, 4) is 5.75 Å². The van der Waals surface area contributed by atoms with Crippen molar-refractivity contribution in [2.45, 2.75) is 109 Å². The van der Waals surface area contributed by atoms with Crippen LogP contribution in [-0.2, 0) is 17.6 Å². The molecular weight excluding hydrogens is 510 g/mol. The quantitative estimate of drug-likeness (QED) is 0.348. The topological polar surface area (TPSA) is 79.4 Å². The highest BCUT2D eigenvalue weighted by molar-refractivity contribution is 5.31. The van der Waals surface area contributed by atoms with E-state index in [-0.39, 0.29) is 11.5 Å². The number of nitrogens with zero attached hydrogens (tertiary/aromatic N) is 1. The van der Waals surface area contributed by atoms with Gasteiger partial charge in [-0.25, -0.2) is 0 Å². The average molecular weight is 562 g/mol. The molecule has 1 aromatic heterocycles. The van der Waals surface area contributed by atoms with Gasteiger partial charge in [-0.15, -0.1) is 0 Å². The summed E-state index contributed by atoms with van der Waals surface area (Å²) in [5, 5.41) is 23.0. The molecule has 4 fully saturated rings. The molecule has 2 aromatic rings. The molecular formula is C35H51N3O3. The first-order chi connectivity index (χ1) is 20.0. The van der Waals surface area contributed by atoms with E-state index < -0.39 is 0 Å². The van der Waals surface area contributed by atoms with Gasteiger partial charge in [-0.05, 0) is 129 Å². The van der Waals surface area contributed by atoms with E-state index in [1.165, 1.54) is 55.3 Å². The number of benzene rings is 1. The molecule has 1 saturated heterocycles. The summed E-state index contributed by atoms with van der Waals surface area (Å²) in [6.45, 7) is 7.27. The van der Waals surface area contributed by atoms with Gasteiger partial charge < -0.3 is 19.9 Å². The number of ether oxygens (including phenoxy) is 2. The molecule has 4 aliphatic carbocycles. The van der Waals surface area contributed by atoms with E-state index in [0.29, 0.717) is 30.0 Å². The summed E-state index contributed by atoms with van der Waals surface area (Å²) in [4.78, 5) is 0. The number of H-pyrrole nitrogens is 1. The predicted octanol–water partition coefficient (Wildman–Crippen LogP) is 6.40. The number of aliphatic hydroxyl groups excluding tert-OH is 1. The largest absolute Gasteiger partial charge is 0.494 e. The standard InChI is InChI=1S/C35H51N3O3/c1-3-31(37-26-12-16-40-17-13-26)23-5-4-6-27(19-23)41-18-15-35-14-11-29-28(30(35)9-10-33(35)39)8-7-25-20-32-24(22-36-38-32)21-34(25,29)2/h4-6,19,22,25-26,28-31,33,37,39H,3,7-18,20-21H2,1-2H3,(H,36,38)/t25?,28?,29?,30?,31?,33?,34-,35+/m0/s1. The molecule has 5 aliphatic rings. The molecule has 6 nitrogen and oxygen atoms in total. The number of hydrogen-bond acceptors (Lipinski definition) is 5. The Morgan fingerprint density at radius 2 is 2.00 bits per heavy atom. The van der Waals surface area contributed by atoms with Crippen molar-refractivity contribution in [1.82, 2.24) is 15.5 Å². The highest BCUT2D eigenvalue weighted by atomic mass is 16.5. The third-order valence-electron chi connectivity index (χ3n) is 12.7. The SMILES string of the molecule is CCC(NC1CCOCC1)c1cccc(OCC[C@]23CCC4C(CCC5Cc6[nH]ncc6C[C@@]54C)C2CCC3O)c1. The number of hydrogen-bond donors (Lipinski definition) is 3. The number of rotatable bonds is 8. The Kier molecular flexibility index (Phi) is 7.70. The van der Waals surface area contributed by atoms with Crippen LogP contribution in [0.25, 0.3) is 0 Å². The second-order valence-electron chi connectivity index (χ2n) is 14.5. The van der Waals surface area contributed by atoms with E-state index in [4.69, 9.17) is 9.47 Å². The monoisotopic (exact) mass is 561 g/mol. The van der Waals surface area contributed by atoms with Crippen LogP contribution >= 0.6 is 0 Å². The van der Waals surface area contributed by atoms with Gasteiger partial charge in [-0.2, -0.15) is 5.10 Å². The van der Waals surface area contributed by atoms with Crippen molar-refractivity contribution >= 4 is 0 Å². The zero-order valence-corrected chi connectivity index (χ0v) is 25.2. The molecule has 0 bridgehead atoms.